The molecule has 9 nitrogen and oxygen atoms in total. The number of nitrogens with one attached hydrogen (secondary N) is 1. The first-order chi connectivity index (χ1) is 15.1. The third-order valence-electron chi connectivity index (χ3n) is 6.09. The number of benzene rings is 1. The summed E-state index contributed by atoms with van der Waals surface area (Å²) in [5, 5.41) is 33.4. The van der Waals surface area contributed by atoms with E-state index < -0.39 is 24.3 Å². The predicted molar refractivity (Wildman–Crippen MR) is 126 cm³/mol. The molecule has 0 bridgehead atoms. The highest BCUT2D eigenvalue weighted by Gasteiger charge is 2.43. The van der Waals surface area contributed by atoms with E-state index in [4.69, 9.17) is 10.7 Å². The van der Waals surface area contributed by atoms with Crippen molar-refractivity contribution in [2.75, 3.05) is 11.1 Å². The van der Waals surface area contributed by atoms with E-state index in [0.29, 0.717) is 34.5 Å². The highest BCUT2D eigenvalue weighted by atomic mass is 35.5. The largest absolute Gasteiger partial charge is 0.389 e. The average molecular weight is 478 g/mol. The highest BCUT2D eigenvalue weighted by Crippen LogP contribution is 2.43. The number of aliphatic hydroxyl groups excluding tert-OH is 2. The van der Waals surface area contributed by atoms with Crippen molar-refractivity contribution in [3.8, 4) is 0 Å². The van der Waals surface area contributed by atoms with Gasteiger partial charge < -0.3 is 21.3 Å². The summed E-state index contributed by atoms with van der Waals surface area (Å²) in [7, 11) is 0. The van der Waals surface area contributed by atoms with Crippen molar-refractivity contribution in [1.29, 1.82) is 0 Å². The minimum atomic E-state index is -1.01. The zero-order chi connectivity index (χ0) is 21.5. The van der Waals surface area contributed by atoms with Crippen LogP contribution in [0.15, 0.2) is 35.5 Å². The molecule has 11 heteroatoms. The van der Waals surface area contributed by atoms with E-state index in [2.05, 4.69) is 51.8 Å². The fraction of sp³-hybridized carbons (Fsp3) is 0.524. The fourth-order valence-electron chi connectivity index (χ4n) is 4.27. The molecule has 0 spiro atoms. The van der Waals surface area contributed by atoms with Crippen LogP contribution in [-0.2, 0) is 0 Å². The Morgan fingerprint density at radius 3 is 2.62 bits per heavy atom. The van der Waals surface area contributed by atoms with E-state index >= 15 is 0 Å². The first kappa shape index (κ1) is 23.2. The Hall–Kier alpha value is -1.98. The summed E-state index contributed by atoms with van der Waals surface area (Å²) in [6.07, 6.45) is 0.445. The number of nitrogens with two attached hydrogens (primary N) is 1. The number of rotatable bonds is 7. The molecule has 3 aromatic rings. The van der Waals surface area contributed by atoms with Crippen molar-refractivity contribution in [1.82, 2.24) is 25.0 Å². The maximum Gasteiger partial charge on any atom is 0.191 e. The number of hydrogen-bond donors (Lipinski definition) is 4. The van der Waals surface area contributed by atoms with Crippen molar-refractivity contribution in [2.45, 2.75) is 67.6 Å². The van der Waals surface area contributed by atoms with E-state index in [9.17, 15) is 10.2 Å². The van der Waals surface area contributed by atoms with Crippen LogP contribution in [0.3, 0.4) is 0 Å². The molecule has 2 saturated carbocycles. The van der Waals surface area contributed by atoms with Crippen molar-refractivity contribution in [2.24, 2.45) is 5.73 Å². The SMILES string of the molecule is CCCSc1nc(NC2CC2c2ccccc2)c2nnn(C3CC(N)C(O)C3O)c2n1.Cl. The van der Waals surface area contributed by atoms with Crippen LogP contribution in [0, 0.1) is 0 Å². The lowest BCUT2D eigenvalue weighted by Crippen LogP contribution is -2.36. The molecule has 2 aliphatic rings. The van der Waals surface area contributed by atoms with E-state index in [1.807, 2.05) is 6.07 Å². The number of anilines is 1. The number of nitrogens with zero attached hydrogens (tertiary/aromatic N) is 5. The molecule has 5 rings (SSSR count). The van der Waals surface area contributed by atoms with Gasteiger partial charge in [-0.15, -0.1) is 17.5 Å². The van der Waals surface area contributed by atoms with Crippen molar-refractivity contribution in [3.63, 3.8) is 0 Å². The van der Waals surface area contributed by atoms with Gasteiger partial charge in [0.2, 0.25) is 0 Å². The maximum atomic E-state index is 10.5. The molecule has 0 aliphatic heterocycles. The van der Waals surface area contributed by atoms with E-state index in [0.717, 1.165) is 18.6 Å². The van der Waals surface area contributed by atoms with Crippen LogP contribution in [0.1, 0.15) is 43.7 Å². The second kappa shape index (κ2) is 9.48. The lowest BCUT2D eigenvalue weighted by Gasteiger charge is -2.16. The summed E-state index contributed by atoms with van der Waals surface area (Å²) in [5.41, 5.74) is 8.40. The summed E-state index contributed by atoms with van der Waals surface area (Å²) >= 11 is 1.58. The lowest BCUT2D eigenvalue weighted by molar-refractivity contribution is 0.0163. The zero-order valence-electron chi connectivity index (χ0n) is 17.7. The minimum Gasteiger partial charge on any atom is -0.389 e. The zero-order valence-corrected chi connectivity index (χ0v) is 19.3. The number of hydrogen-bond acceptors (Lipinski definition) is 9. The quantitative estimate of drug-likeness (QED) is 0.298. The summed E-state index contributed by atoms with van der Waals surface area (Å²) < 4.78 is 1.60. The highest BCUT2D eigenvalue weighted by molar-refractivity contribution is 7.99. The molecule has 2 aliphatic carbocycles. The van der Waals surface area contributed by atoms with Gasteiger partial charge in [-0.05, 0) is 24.8 Å². The Balaban J connectivity index is 0.00000245. The summed E-state index contributed by atoms with van der Waals surface area (Å²) in [6, 6.07) is 9.74. The van der Waals surface area contributed by atoms with E-state index in [-0.39, 0.29) is 18.4 Å². The smallest absolute Gasteiger partial charge is 0.191 e. The van der Waals surface area contributed by atoms with E-state index in [1.54, 1.807) is 16.4 Å². The van der Waals surface area contributed by atoms with Gasteiger partial charge in [-0.25, -0.2) is 14.6 Å². The minimum absolute atomic E-state index is 0. The number of aromatic nitrogens is 5. The van der Waals surface area contributed by atoms with Gasteiger partial charge >= 0.3 is 0 Å². The van der Waals surface area contributed by atoms with Crippen LogP contribution in [0.4, 0.5) is 5.82 Å². The van der Waals surface area contributed by atoms with Gasteiger partial charge in [0.15, 0.2) is 22.1 Å². The Kier molecular flexibility index (Phi) is 6.87. The molecule has 0 saturated heterocycles. The molecule has 6 unspecified atom stereocenters. The third-order valence-corrected chi connectivity index (χ3v) is 7.14. The number of thioether (sulfide) groups is 1. The molecule has 0 amide bonds. The van der Waals surface area contributed by atoms with Gasteiger partial charge in [0.25, 0.3) is 0 Å². The van der Waals surface area contributed by atoms with Crippen LogP contribution in [0.25, 0.3) is 11.2 Å². The first-order valence-corrected chi connectivity index (χ1v) is 11.7. The molecule has 2 heterocycles. The normalized spacial score (nSPS) is 29.1. The van der Waals surface area contributed by atoms with Crippen molar-refractivity contribution < 1.29 is 10.2 Å². The van der Waals surface area contributed by atoms with Gasteiger partial charge in [0.05, 0.1) is 12.1 Å². The summed E-state index contributed by atoms with van der Waals surface area (Å²) in [5.74, 6) is 2.01. The Morgan fingerprint density at radius 1 is 1.16 bits per heavy atom. The first-order valence-electron chi connectivity index (χ1n) is 10.8. The molecule has 2 fully saturated rings. The van der Waals surface area contributed by atoms with E-state index in [1.165, 1.54) is 5.56 Å². The third kappa shape index (κ3) is 4.29. The Morgan fingerprint density at radius 2 is 1.94 bits per heavy atom. The molecular formula is C21H28ClN7O2S. The fourth-order valence-corrected chi connectivity index (χ4v) is 4.97. The maximum absolute atomic E-state index is 10.5. The topological polar surface area (TPSA) is 135 Å². The van der Waals surface area contributed by atoms with Gasteiger partial charge in [0, 0.05) is 23.8 Å². The molecule has 2 aromatic heterocycles. The number of fused-ring (bicyclic) bond motifs is 1. The predicted octanol–water partition coefficient (Wildman–Crippen LogP) is 2.11. The Bertz CT molecular complexity index is 1070. The molecular weight excluding hydrogens is 450 g/mol. The van der Waals surface area contributed by atoms with Gasteiger partial charge in [-0.2, -0.15) is 0 Å². The van der Waals surface area contributed by atoms with Crippen LogP contribution < -0.4 is 11.1 Å². The number of aliphatic hydroxyl groups is 2. The average Bonchev–Trinajstić information content (AvgIpc) is 3.35. The van der Waals surface area contributed by atoms with Crippen LogP contribution >= 0.6 is 24.2 Å². The second-order valence-electron chi connectivity index (χ2n) is 8.36. The summed E-state index contributed by atoms with van der Waals surface area (Å²) in [6.45, 7) is 2.11. The molecule has 172 valence electrons. The molecule has 6 atom stereocenters. The van der Waals surface area contributed by atoms with Crippen molar-refractivity contribution >= 4 is 41.2 Å². The number of halogens is 1. The van der Waals surface area contributed by atoms with Crippen LogP contribution in [-0.4, -0.2) is 65.2 Å². The Labute approximate surface area is 196 Å². The lowest BCUT2D eigenvalue weighted by atomic mass is 10.1. The second-order valence-corrected chi connectivity index (χ2v) is 9.42. The van der Waals surface area contributed by atoms with Crippen molar-refractivity contribution in [3.05, 3.63) is 35.9 Å². The molecule has 5 N–H and O–H groups in total. The van der Waals surface area contributed by atoms with Gasteiger partial charge in [0.1, 0.15) is 6.10 Å². The van der Waals surface area contributed by atoms with Crippen LogP contribution in [0.2, 0.25) is 0 Å². The summed E-state index contributed by atoms with van der Waals surface area (Å²) in [4.78, 5) is 9.41. The van der Waals surface area contributed by atoms with Gasteiger partial charge in [-0.3, -0.25) is 0 Å². The monoisotopic (exact) mass is 477 g/mol. The standard InChI is InChI=1S/C21H27N7O2S.ClH/c1-2-8-31-21-24-19(23-14-9-12(14)11-6-4-3-5-7-11)16-20(25-21)28(27-26-16)15-10-13(22)17(29)18(15)30;/h3-7,12-15,17-18,29-30H,2,8-10,22H2,1H3,(H,23,24,25);1H. The molecule has 32 heavy (non-hydrogen) atoms. The van der Waals surface area contributed by atoms with Crippen LogP contribution in [0.5, 0.6) is 0 Å². The molecule has 1 aromatic carbocycles. The molecule has 0 radical (unpaired) electrons. The van der Waals surface area contributed by atoms with Gasteiger partial charge in [-0.1, -0.05) is 54.2 Å².